The molecule has 0 bridgehead atoms. The molecule has 2 rings (SSSR count). The lowest BCUT2D eigenvalue weighted by Crippen LogP contribution is -2.49. The number of carbonyl (C=O) groups is 1. The third-order valence-electron chi connectivity index (χ3n) is 3.49. The largest absolute Gasteiger partial charge is 0.419 e. The molecule has 1 fully saturated rings. The van der Waals surface area contributed by atoms with Crippen LogP contribution >= 0.6 is 11.6 Å². The number of alkyl halides is 3. The molecule has 116 valence electrons. The molecule has 1 aromatic rings. The second-order valence-corrected chi connectivity index (χ2v) is 5.18. The molecule has 1 saturated heterocycles. The number of carbonyl (C=O) groups excluding carboxylic acids is 1. The predicted octanol–water partition coefficient (Wildman–Crippen LogP) is 2.86. The van der Waals surface area contributed by atoms with Crippen molar-refractivity contribution < 1.29 is 18.0 Å². The molecule has 0 aromatic carbocycles. The molecule has 1 N–H and O–H groups in total. The Morgan fingerprint density at radius 2 is 2.14 bits per heavy atom. The summed E-state index contributed by atoms with van der Waals surface area (Å²) in [5.41, 5.74) is -0.971. The van der Waals surface area contributed by atoms with Gasteiger partial charge in [0.15, 0.2) is 0 Å². The Balaban J connectivity index is 2.32. The molecule has 0 radical (unpaired) electrons. The van der Waals surface area contributed by atoms with Crippen LogP contribution in [0.15, 0.2) is 12.1 Å². The standard InChI is InChI=1S/C13H15ClF3N3O/c1-18-12(21)9-4-2-3-7-20(9)10-6-5-8(11(14)19-10)13(15,16)17/h5-6,9H,2-4,7H2,1H3,(H,18,21). The van der Waals surface area contributed by atoms with Crippen molar-refractivity contribution in [3.63, 3.8) is 0 Å². The van der Waals surface area contributed by atoms with E-state index in [0.717, 1.165) is 18.9 Å². The lowest BCUT2D eigenvalue weighted by molar-refractivity contribution is -0.137. The summed E-state index contributed by atoms with van der Waals surface area (Å²) in [7, 11) is 1.53. The van der Waals surface area contributed by atoms with Gasteiger partial charge in [-0.25, -0.2) is 4.98 Å². The second kappa shape index (κ2) is 6.09. The van der Waals surface area contributed by atoms with Gasteiger partial charge in [0.2, 0.25) is 5.91 Å². The Morgan fingerprint density at radius 3 is 2.71 bits per heavy atom. The fourth-order valence-electron chi connectivity index (χ4n) is 2.44. The van der Waals surface area contributed by atoms with Crippen LogP contribution in [-0.4, -0.2) is 30.5 Å². The van der Waals surface area contributed by atoms with E-state index in [2.05, 4.69) is 10.3 Å². The van der Waals surface area contributed by atoms with Gasteiger partial charge in [0.1, 0.15) is 17.0 Å². The average Bonchev–Trinajstić information content (AvgIpc) is 2.45. The van der Waals surface area contributed by atoms with Gasteiger partial charge in [-0.1, -0.05) is 11.6 Å². The number of piperidine rings is 1. The van der Waals surface area contributed by atoms with Crippen LogP contribution in [0.5, 0.6) is 0 Å². The number of anilines is 1. The monoisotopic (exact) mass is 321 g/mol. The van der Waals surface area contributed by atoms with Crippen molar-refractivity contribution in [2.24, 2.45) is 0 Å². The molecule has 1 unspecified atom stereocenters. The first-order valence-corrected chi connectivity index (χ1v) is 6.94. The molecule has 1 aliphatic heterocycles. The van der Waals surface area contributed by atoms with Gasteiger partial charge in [-0.15, -0.1) is 0 Å². The summed E-state index contributed by atoms with van der Waals surface area (Å²) in [5.74, 6) is 0.119. The molecule has 1 aliphatic rings. The number of amides is 1. The van der Waals surface area contributed by atoms with Crippen LogP contribution in [0.4, 0.5) is 19.0 Å². The van der Waals surface area contributed by atoms with Crippen molar-refractivity contribution in [3.8, 4) is 0 Å². The normalized spacial score (nSPS) is 19.5. The summed E-state index contributed by atoms with van der Waals surface area (Å²) in [4.78, 5) is 17.4. The van der Waals surface area contributed by atoms with Crippen molar-refractivity contribution >= 4 is 23.3 Å². The molecular weight excluding hydrogens is 307 g/mol. The van der Waals surface area contributed by atoms with Gasteiger partial charge >= 0.3 is 6.18 Å². The first-order valence-electron chi connectivity index (χ1n) is 6.56. The minimum Gasteiger partial charge on any atom is -0.357 e. The van der Waals surface area contributed by atoms with Gasteiger partial charge in [-0.3, -0.25) is 4.79 Å². The van der Waals surface area contributed by atoms with E-state index in [0.29, 0.717) is 18.8 Å². The SMILES string of the molecule is CNC(=O)C1CCCCN1c1ccc(C(F)(F)F)c(Cl)n1. The Bertz CT molecular complexity index is 536. The Kier molecular flexibility index (Phi) is 4.61. The molecule has 0 saturated carbocycles. The van der Waals surface area contributed by atoms with Crippen LogP contribution in [0.2, 0.25) is 5.15 Å². The third kappa shape index (κ3) is 3.40. The van der Waals surface area contributed by atoms with Crippen molar-refractivity contribution in [1.29, 1.82) is 0 Å². The first kappa shape index (κ1) is 15.9. The molecular formula is C13H15ClF3N3O. The van der Waals surface area contributed by atoms with Crippen LogP contribution < -0.4 is 10.2 Å². The van der Waals surface area contributed by atoms with E-state index < -0.39 is 22.9 Å². The van der Waals surface area contributed by atoms with Crippen molar-refractivity contribution in [1.82, 2.24) is 10.3 Å². The molecule has 21 heavy (non-hydrogen) atoms. The summed E-state index contributed by atoms with van der Waals surface area (Å²) >= 11 is 5.64. The molecule has 0 spiro atoms. The van der Waals surface area contributed by atoms with Crippen molar-refractivity contribution in [3.05, 3.63) is 22.8 Å². The molecule has 0 aliphatic carbocycles. The zero-order chi connectivity index (χ0) is 15.6. The third-order valence-corrected chi connectivity index (χ3v) is 3.77. The number of nitrogens with one attached hydrogen (secondary N) is 1. The number of hydrogen-bond acceptors (Lipinski definition) is 3. The summed E-state index contributed by atoms with van der Waals surface area (Å²) in [6.45, 7) is 0.562. The van der Waals surface area contributed by atoms with Crippen molar-refractivity contribution in [2.45, 2.75) is 31.5 Å². The number of halogens is 4. The number of nitrogens with zero attached hydrogens (tertiary/aromatic N) is 2. The van der Waals surface area contributed by atoms with Gasteiger partial charge in [0.25, 0.3) is 0 Å². The smallest absolute Gasteiger partial charge is 0.357 e. The maximum absolute atomic E-state index is 12.7. The Labute approximate surface area is 125 Å². The maximum Gasteiger partial charge on any atom is 0.419 e. The first-order chi connectivity index (χ1) is 9.84. The summed E-state index contributed by atoms with van der Waals surface area (Å²) in [6, 6.07) is 1.74. The highest BCUT2D eigenvalue weighted by atomic mass is 35.5. The van der Waals surface area contributed by atoms with Crippen LogP contribution in [0.3, 0.4) is 0 Å². The van der Waals surface area contributed by atoms with Gasteiger partial charge in [0.05, 0.1) is 5.56 Å². The maximum atomic E-state index is 12.7. The summed E-state index contributed by atoms with van der Waals surface area (Å²) in [6.07, 6.45) is -2.15. The number of likely N-dealkylation sites (N-methyl/N-ethyl adjacent to an activating group) is 1. The van der Waals surface area contributed by atoms with Gasteiger partial charge in [-0.05, 0) is 31.4 Å². The van der Waals surface area contributed by atoms with E-state index in [1.807, 2.05) is 0 Å². The van der Waals surface area contributed by atoms with E-state index in [9.17, 15) is 18.0 Å². The summed E-state index contributed by atoms with van der Waals surface area (Å²) < 4.78 is 38.0. The quantitative estimate of drug-likeness (QED) is 0.852. The van der Waals surface area contributed by atoms with E-state index in [4.69, 9.17) is 11.6 Å². The van der Waals surface area contributed by atoms with Crippen LogP contribution in [0.1, 0.15) is 24.8 Å². The topological polar surface area (TPSA) is 45.2 Å². The van der Waals surface area contributed by atoms with E-state index in [1.54, 1.807) is 4.90 Å². The van der Waals surface area contributed by atoms with E-state index in [-0.39, 0.29) is 5.91 Å². The molecule has 1 aromatic heterocycles. The molecule has 2 heterocycles. The van der Waals surface area contributed by atoms with E-state index in [1.165, 1.54) is 13.1 Å². The minimum atomic E-state index is -4.54. The fraction of sp³-hybridized carbons (Fsp3) is 0.538. The van der Waals surface area contributed by atoms with Gasteiger partial charge in [0, 0.05) is 13.6 Å². The Morgan fingerprint density at radius 1 is 1.43 bits per heavy atom. The molecule has 1 atom stereocenters. The highest BCUT2D eigenvalue weighted by molar-refractivity contribution is 6.30. The zero-order valence-corrected chi connectivity index (χ0v) is 12.1. The van der Waals surface area contributed by atoms with Gasteiger partial charge in [-0.2, -0.15) is 13.2 Å². The highest BCUT2D eigenvalue weighted by Gasteiger charge is 2.35. The molecule has 8 heteroatoms. The molecule has 1 amide bonds. The van der Waals surface area contributed by atoms with Crippen LogP contribution in [-0.2, 0) is 11.0 Å². The predicted molar refractivity (Wildman–Crippen MR) is 73.3 cm³/mol. The van der Waals surface area contributed by atoms with Crippen LogP contribution in [0.25, 0.3) is 0 Å². The molecule has 4 nitrogen and oxygen atoms in total. The Hall–Kier alpha value is -1.50. The fourth-order valence-corrected chi connectivity index (χ4v) is 2.70. The number of rotatable bonds is 2. The highest BCUT2D eigenvalue weighted by Crippen LogP contribution is 2.35. The number of aromatic nitrogens is 1. The average molecular weight is 322 g/mol. The number of hydrogen-bond donors (Lipinski definition) is 1. The summed E-state index contributed by atoms with van der Waals surface area (Å²) in [5, 5.41) is 1.97. The minimum absolute atomic E-state index is 0.174. The number of pyridine rings is 1. The zero-order valence-electron chi connectivity index (χ0n) is 11.4. The lowest BCUT2D eigenvalue weighted by atomic mass is 10.0. The van der Waals surface area contributed by atoms with E-state index >= 15 is 0 Å². The van der Waals surface area contributed by atoms with Crippen LogP contribution in [0, 0.1) is 0 Å². The second-order valence-electron chi connectivity index (χ2n) is 4.82. The van der Waals surface area contributed by atoms with Crippen molar-refractivity contribution in [2.75, 3.05) is 18.5 Å². The lowest BCUT2D eigenvalue weighted by Gasteiger charge is -2.35. The van der Waals surface area contributed by atoms with Gasteiger partial charge < -0.3 is 10.2 Å².